The first-order chi connectivity index (χ1) is 11.2. The van der Waals surface area contributed by atoms with Gasteiger partial charge in [-0.15, -0.1) is 0 Å². The maximum Gasteiger partial charge on any atom is 0.258 e. The van der Waals surface area contributed by atoms with Gasteiger partial charge in [0.2, 0.25) is 0 Å². The SMILES string of the molecule is O=C(c1ccc(Cl)cc1)N(Cc1ccccc1)c1ccccc1. The van der Waals surface area contributed by atoms with E-state index in [-0.39, 0.29) is 5.91 Å². The second-order valence-electron chi connectivity index (χ2n) is 5.22. The first-order valence-electron chi connectivity index (χ1n) is 7.40. The average Bonchev–Trinajstić information content (AvgIpc) is 2.61. The van der Waals surface area contributed by atoms with Gasteiger partial charge in [0.15, 0.2) is 0 Å². The van der Waals surface area contributed by atoms with Crippen LogP contribution in [0.3, 0.4) is 0 Å². The minimum absolute atomic E-state index is 0.0447. The zero-order valence-electron chi connectivity index (χ0n) is 12.5. The molecule has 0 heterocycles. The Balaban J connectivity index is 1.94. The van der Waals surface area contributed by atoms with E-state index in [9.17, 15) is 4.79 Å². The zero-order chi connectivity index (χ0) is 16.1. The molecule has 0 aromatic heterocycles. The lowest BCUT2D eigenvalue weighted by molar-refractivity contribution is 0.0985. The standard InChI is InChI=1S/C20H16ClNO/c21-18-13-11-17(12-14-18)20(23)22(19-9-5-2-6-10-19)15-16-7-3-1-4-8-16/h1-14H,15H2. The number of hydrogen-bond donors (Lipinski definition) is 0. The van der Waals surface area contributed by atoms with Crippen molar-refractivity contribution in [3.8, 4) is 0 Å². The lowest BCUT2D eigenvalue weighted by Crippen LogP contribution is -2.30. The zero-order valence-corrected chi connectivity index (χ0v) is 13.3. The van der Waals surface area contributed by atoms with Gasteiger partial charge in [0.25, 0.3) is 5.91 Å². The van der Waals surface area contributed by atoms with Gasteiger partial charge in [-0.25, -0.2) is 0 Å². The lowest BCUT2D eigenvalue weighted by Gasteiger charge is -2.23. The van der Waals surface area contributed by atoms with Gasteiger partial charge in [-0.1, -0.05) is 60.1 Å². The third-order valence-corrected chi connectivity index (χ3v) is 3.84. The molecule has 3 aromatic rings. The number of benzene rings is 3. The molecule has 0 saturated carbocycles. The molecule has 0 aliphatic carbocycles. The number of nitrogens with zero attached hydrogens (tertiary/aromatic N) is 1. The molecule has 0 aliphatic rings. The Morgan fingerprint density at radius 1 is 0.783 bits per heavy atom. The Bertz CT molecular complexity index is 770. The van der Waals surface area contributed by atoms with Crippen LogP contribution in [0.5, 0.6) is 0 Å². The Morgan fingerprint density at radius 2 is 1.35 bits per heavy atom. The Kier molecular flexibility index (Phi) is 4.74. The van der Waals surface area contributed by atoms with E-state index in [1.807, 2.05) is 60.7 Å². The van der Waals surface area contributed by atoms with Crippen LogP contribution in [-0.2, 0) is 6.54 Å². The van der Waals surface area contributed by atoms with E-state index < -0.39 is 0 Å². The highest BCUT2D eigenvalue weighted by atomic mass is 35.5. The number of carbonyl (C=O) groups excluding carboxylic acids is 1. The highest BCUT2D eigenvalue weighted by Gasteiger charge is 2.17. The molecular weight excluding hydrogens is 306 g/mol. The van der Waals surface area contributed by atoms with Gasteiger partial charge in [0.1, 0.15) is 0 Å². The third kappa shape index (κ3) is 3.79. The van der Waals surface area contributed by atoms with Gasteiger partial charge in [0, 0.05) is 16.3 Å². The van der Waals surface area contributed by atoms with Crippen molar-refractivity contribution in [3.63, 3.8) is 0 Å². The van der Waals surface area contributed by atoms with Crippen molar-refractivity contribution in [3.05, 3.63) is 101 Å². The highest BCUT2D eigenvalue weighted by Crippen LogP contribution is 2.21. The molecule has 0 saturated heterocycles. The molecule has 3 heteroatoms. The molecule has 2 nitrogen and oxygen atoms in total. The summed E-state index contributed by atoms with van der Waals surface area (Å²) in [5.74, 6) is -0.0447. The molecule has 0 aliphatic heterocycles. The Labute approximate surface area is 141 Å². The lowest BCUT2D eigenvalue weighted by atomic mass is 10.1. The predicted molar refractivity (Wildman–Crippen MR) is 94.8 cm³/mol. The molecule has 0 fully saturated rings. The largest absolute Gasteiger partial charge is 0.304 e. The van der Waals surface area contributed by atoms with E-state index in [2.05, 4.69) is 0 Å². The van der Waals surface area contributed by atoms with Gasteiger partial charge in [-0.05, 0) is 42.0 Å². The maximum atomic E-state index is 12.9. The van der Waals surface area contributed by atoms with Crippen LogP contribution < -0.4 is 4.90 Å². The van der Waals surface area contributed by atoms with Crippen molar-refractivity contribution >= 4 is 23.2 Å². The predicted octanol–water partition coefficient (Wildman–Crippen LogP) is 5.19. The second kappa shape index (κ2) is 7.12. The van der Waals surface area contributed by atoms with Crippen LogP contribution in [0.15, 0.2) is 84.9 Å². The van der Waals surface area contributed by atoms with Crippen LogP contribution in [0.1, 0.15) is 15.9 Å². The third-order valence-electron chi connectivity index (χ3n) is 3.59. The monoisotopic (exact) mass is 321 g/mol. The molecule has 114 valence electrons. The number of amides is 1. The summed E-state index contributed by atoms with van der Waals surface area (Å²) < 4.78 is 0. The first-order valence-corrected chi connectivity index (χ1v) is 7.78. The normalized spacial score (nSPS) is 10.3. The van der Waals surface area contributed by atoms with E-state index in [1.54, 1.807) is 29.2 Å². The molecule has 1 amide bonds. The summed E-state index contributed by atoms with van der Waals surface area (Å²) in [6.07, 6.45) is 0. The molecule has 23 heavy (non-hydrogen) atoms. The number of para-hydroxylation sites is 1. The van der Waals surface area contributed by atoms with Crippen molar-refractivity contribution in [2.45, 2.75) is 6.54 Å². The van der Waals surface area contributed by atoms with Gasteiger partial charge in [0.05, 0.1) is 6.54 Å². The first kappa shape index (κ1) is 15.3. The number of anilines is 1. The minimum Gasteiger partial charge on any atom is -0.304 e. The van der Waals surface area contributed by atoms with E-state index in [4.69, 9.17) is 11.6 Å². The second-order valence-corrected chi connectivity index (χ2v) is 5.66. The summed E-state index contributed by atoms with van der Waals surface area (Å²) in [5, 5.41) is 0.621. The molecule has 3 aromatic carbocycles. The van der Waals surface area contributed by atoms with E-state index >= 15 is 0 Å². The summed E-state index contributed by atoms with van der Waals surface area (Å²) in [5.41, 5.74) is 2.57. The Morgan fingerprint density at radius 3 is 1.96 bits per heavy atom. The van der Waals surface area contributed by atoms with Crippen LogP contribution in [0.4, 0.5) is 5.69 Å². The maximum absolute atomic E-state index is 12.9. The summed E-state index contributed by atoms with van der Waals surface area (Å²) in [6, 6.07) is 26.6. The molecular formula is C20H16ClNO. The molecule has 0 radical (unpaired) electrons. The molecule has 3 rings (SSSR count). The van der Waals surface area contributed by atoms with Crippen molar-refractivity contribution < 1.29 is 4.79 Å². The van der Waals surface area contributed by atoms with Gasteiger partial charge >= 0.3 is 0 Å². The van der Waals surface area contributed by atoms with Crippen LogP contribution in [0.2, 0.25) is 5.02 Å². The summed E-state index contributed by atoms with van der Waals surface area (Å²) >= 11 is 5.92. The van der Waals surface area contributed by atoms with E-state index in [1.165, 1.54) is 0 Å². The van der Waals surface area contributed by atoms with Crippen LogP contribution in [-0.4, -0.2) is 5.91 Å². The molecule has 0 N–H and O–H groups in total. The summed E-state index contributed by atoms with van der Waals surface area (Å²) in [4.78, 5) is 14.7. The molecule has 0 spiro atoms. The van der Waals surface area contributed by atoms with Crippen molar-refractivity contribution in [2.24, 2.45) is 0 Å². The number of hydrogen-bond acceptors (Lipinski definition) is 1. The number of halogens is 1. The number of rotatable bonds is 4. The number of carbonyl (C=O) groups is 1. The minimum atomic E-state index is -0.0447. The van der Waals surface area contributed by atoms with E-state index in [0.717, 1.165) is 11.3 Å². The van der Waals surface area contributed by atoms with Gasteiger partial charge in [-0.3, -0.25) is 4.79 Å². The molecule has 0 unspecified atom stereocenters. The van der Waals surface area contributed by atoms with E-state index in [0.29, 0.717) is 17.1 Å². The summed E-state index contributed by atoms with van der Waals surface area (Å²) in [7, 11) is 0. The van der Waals surface area contributed by atoms with Crippen LogP contribution in [0, 0.1) is 0 Å². The van der Waals surface area contributed by atoms with Gasteiger partial charge in [-0.2, -0.15) is 0 Å². The fourth-order valence-electron chi connectivity index (χ4n) is 2.40. The smallest absolute Gasteiger partial charge is 0.258 e. The summed E-state index contributed by atoms with van der Waals surface area (Å²) in [6.45, 7) is 0.520. The fraction of sp³-hybridized carbons (Fsp3) is 0.0500. The molecule has 0 bridgehead atoms. The quantitative estimate of drug-likeness (QED) is 0.647. The topological polar surface area (TPSA) is 20.3 Å². The average molecular weight is 322 g/mol. The van der Waals surface area contributed by atoms with Crippen molar-refractivity contribution in [1.82, 2.24) is 0 Å². The highest BCUT2D eigenvalue weighted by molar-refractivity contribution is 6.30. The van der Waals surface area contributed by atoms with Gasteiger partial charge < -0.3 is 4.90 Å². The molecule has 0 atom stereocenters. The fourth-order valence-corrected chi connectivity index (χ4v) is 2.53. The van der Waals surface area contributed by atoms with Crippen LogP contribution in [0.25, 0.3) is 0 Å². The van der Waals surface area contributed by atoms with Crippen LogP contribution >= 0.6 is 11.6 Å². The van der Waals surface area contributed by atoms with Crippen molar-refractivity contribution in [2.75, 3.05) is 4.90 Å². The Hall–Kier alpha value is -2.58. The van der Waals surface area contributed by atoms with Crippen molar-refractivity contribution in [1.29, 1.82) is 0 Å².